The molecule has 3 heteroatoms. The molecular formula is C18H16N2O. The van der Waals surface area contributed by atoms with Gasteiger partial charge in [-0.1, -0.05) is 42.5 Å². The fraction of sp³-hybridized carbons (Fsp3) is 0.167. The quantitative estimate of drug-likeness (QED) is 0.738. The molecule has 0 spiro atoms. The second-order valence-electron chi connectivity index (χ2n) is 5.51. The largest absolute Gasteiger partial charge is 0.360 e. The molecule has 1 aliphatic rings. The van der Waals surface area contributed by atoms with E-state index in [0.717, 1.165) is 29.3 Å². The van der Waals surface area contributed by atoms with Gasteiger partial charge in [0.2, 0.25) is 0 Å². The van der Waals surface area contributed by atoms with Gasteiger partial charge >= 0.3 is 0 Å². The fourth-order valence-corrected chi connectivity index (χ4v) is 3.20. The molecule has 21 heavy (non-hydrogen) atoms. The van der Waals surface area contributed by atoms with Gasteiger partial charge in [0, 0.05) is 17.1 Å². The summed E-state index contributed by atoms with van der Waals surface area (Å²) in [6.07, 6.45) is 3.81. The number of H-pyrrole nitrogens is 1. The maximum atomic E-state index is 12.6. The summed E-state index contributed by atoms with van der Waals surface area (Å²) in [5.74, 6) is -0.00541. The predicted octanol–water partition coefficient (Wildman–Crippen LogP) is 3.59. The van der Waals surface area contributed by atoms with Crippen LogP contribution in [0.3, 0.4) is 0 Å². The summed E-state index contributed by atoms with van der Waals surface area (Å²) in [4.78, 5) is 15.7. The van der Waals surface area contributed by atoms with Crippen molar-refractivity contribution >= 4 is 16.8 Å². The summed E-state index contributed by atoms with van der Waals surface area (Å²) < 4.78 is 0. The van der Waals surface area contributed by atoms with Crippen molar-refractivity contribution in [2.75, 3.05) is 0 Å². The molecule has 2 aromatic carbocycles. The summed E-state index contributed by atoms with van der Waals surface area (Å²) in [6, 6.07) is 16.4. The van der Waals surface area contributed by atoms with Gasteiger partial charge in [-0.25, -0.2) is 0 Å². The zero-order valence-electron chi connectivity index (χ0n) is 11.6. The number of aromatic nitrogens is 1. The topological polar surface area (TPSA) is 44.9 Å². The lowest BCUT2D eigenvalue weighted by Gasteiger charge is -2.13. The number of benzene rings is 2. The molecule has 104 valence electrons. The van der Waals surface area contributed by atoms with Crippen LogP contribution in [0, 0.1) is 0 Å². The maximum Gasteiger partial charge on any atom is 0.253 e. The van der Waals surface area contributed by atoms with Crippen LogP contribution in [-0.4, -0.2) is 10.9 Å². The third-order valence-electron chi connectivity index (χ3n) is 4.27. The summed E-state index contributed by atoms with van der Waals surface area (Å²) in [5.41, 5.74) is 4.32. The number of carbonyl (C=O) groups excluding carboxylic acids is 1. The number of hydrogen-bond acceptors (Lipinski definition) is 1. The number of para-hydroxylation sites is 1. The van der Waals surface area contributed by atoms with Gasteiger partial charge in [-0.15, -0.1) is 0 Å². The molecule has 1 aliphatic carbocycles. The van der Waals surface area contributed by atoms with Gasteiger partial charge in [0.05, 0.1) is 11.6 Å². The second-order valence-corrected chi connectivity index (χ2v) is 5.51. The molecule has 0 fully saturated rings. The van der Waals surface area contributed by atoms with Crippen molar-refractivity contribution in [3.63, 3.8) is 0 Å². The molecule has 1 aromatic heterocycles. The minimum atomic E-state index is -0.00541. The lowest BCUT2D eigenvalue weighted by Crippen LogP contribution is -2.26. The van der Waals surface area contributed by atoms with Crippen molar-refractivity contribution in [1.29, 1.82) is 0 Å². The molecule has 1 atom stereocenters. The van der Waals surface area contributed by atoms with Crippen LogP contribution in [-0.2, 0) is 6.42 Å². The highest BCUT2D eigenvalue weighted by Crippen LogP contribution is 2.31. The highest BCUT2D eigenvalue weighted by Gasteiger charge is 2.24. The molecule has 3 nitrogen and oxygen atoms in total. The summed E-state index contributed by atoms with van der Waals surface area (Å²) >= 11 is 0. The van der Waals surface area contributed by atoms with E-state index in [2.05, 4.69) is 28.5 Å². The molecule has 0 aliphatic heterocycles. The number of amides is 1. The van der Waals surface area contributed by atoms with Gasteiger partial charge in [-0.05, 0) is 30.0 Å². The highest BCUT2D eigenvalue weighted by molar-refractivity contribution is 6.06. The second kappa shape index (κ2) is 4.77. The minimum absolute atomic E-state index is 0.00541. The van der Waals surface area contributed by atoms with Gasteiger partial charge in [0.25, 0.3) is 5.91 Å². The highest BCUT2D eigenvalue weighted by atomic mass is 16.1. The zero-order chi connectivity index (χ0) is 14.2. The lowest BCUT2D eigenvalue weighted by molar-refractivity contribution is 0.0938. The van der Waals surface area contributed by atoms with E-state index >= 15 is 0 Å². The average Bonchev–Trinajstić information content (AvgIpc) is 3.12. The number of rotatable bonds is 2. The van der Waals surface area contributed by atoms with Crippen molar-refractivity contribution in [2.24, 2.45) is 0 Å². The molecule has 0 bridgehead atoms. The number of aryl methyl sites for hydroxylation is 1. The van der Waals surface area contributed by atoms with E-state index in [4.69, 9.17) is 0 Å². The average molecular weight is 276 g/mol. The van der Waals surface area contributed by atoms with E-state index in [0.29, 0.717) is 0 Å². The molecular weight excluding hydrogens is 260 g/mol. The molecule has 2 N–H and O–H groups in total. The van der Waals surface area contributed by atoms with E-state index in [-0.39, 0.29) is 11.9 Å². The first-order valence-corrected chi connectivity index (χ1v) is 7.28. The Morgan fingerprint density at radius 2 is 1.90 bits per heavy atom. The van der Waals surface area contributed by atoms with Crippen LogP contribution in [0.1, 0.15) is 33.9 Å². The van der Waals surface area contributed by atoms with E-state index in [1.165, 1.54) is 11.1 Å². The van der Waals surface area contributed by atoms with Crippen LogP contribution < -0.4 is 5.32 Å². The molecule has 1 heterocycles. The Morgan fingerprint density at radius 1 is 1.10 bits per heavy atom. The van der Waals surface area contributed by atoms with Crippen LogP contribution in [0.4, 0.5) is 0 Å². The molecule has 4 rings (SSSR count). The molecule has 1 amide bonds. The van der Waals surface area contributed by atoms with Crippen LogP contribution in [0.15, 0.2) is 54.7 Å². The number of hydrogen-bond donors (Lipinski definition) is 2. The SMILES string of the molecule is O=C(NC1CCc2ccccc21)c1c[nH]c2ccccc12. The van der Waals surface area contributed by atoms with Crippen molar-refractivity contribution in [3.8, 4) is 0 Å². The van der Waals surface area contributed by atoms with Crippen molar-refractivity contribution in [3.05, 3.63) is 71.4 Å². The van der Waals surface area contributed by atoms with Crippen molar-refractivity contribution < 1.29 is 4.79 Å². The minimum Gasteiger partial charge on any atom is -0.360 e. The molecule has 3 aromatic rings. The number of carbonyl (C=O) groups is 1. The third kappa shape index (κ3) is 2.02. The summed E-state index contributed by atoms with van der Waals surface area (Å²) in [5, 5.41) is 4.14. The van der Waals surface area contributed by atoms with E-state index < -0.39 is 0 Å². The Balaban J connectivity index is 1.62. The number of aromatic amines is 1. The van der Waals surface area contributed by atoms with E-state index in [9.17, 15) is 4.79 Å². The smallest absolute Gasteiger partial charge is 0.253 e. The van der Waals surface area contributed by atoms with Gasteiger partial charge in [0.15, 0.2) is 0 Å². The zero-order valence-corrected chi connectivity index (χ0v) is 11.6. The first-order chi connectivity index (χ1) is 10.3. The summed E-state index contributed by atoms with van der Waals surface area (Å²) in [7, 11) is 0. The van der Waals surface area contributed by atoms with Crippen LogP contribution >= 0.6 is 0 Å². The molecule has 0 radical (unpaired) electrons. The van der Waals surface area contributed by atoms with E-state index in [1.807, 2.05) is 30.3 Å². The Morgan fingerprint density at radius 3 is 2.86 bits per heavy atom. The van der Waals surface area contributed by atoms with Crippen molar-refractivity contribution in [1.82, 2.24) is 10.3 Å². The molecule has 0 saturated heterocycles. The Labute approximate surface area is 123 Å². The Bertz CT molecular complexity index is 819. The Kier molecular flexibility index (Phi) is 2.78. The standard InChI is InChI=1S/C18H16N2O/c21-18(15-11-19-16-8-4-3-7-14(15)16)20-17-10-9-12-5-1-2-6-13(12)17/h1-8,11,17,19H,9-10H2,(H,20,21). The van der Waals surface area contributed by atoms with Gasteiger partial charge < -0.3 is 10.3 Å². The van der Waals surface area contributed by atoms with Crippen molar-refractivity contribution in [2.45, 2.75) is 18.9 Å². The molecule has 1 unspecified atom stereocenters. The fourth-order valence-electron chi connectivity index (χ4n) is 3.20. The lowest BCUT2D eigenvalue weighted by atomic mass is 10.1. The summed E-state index contributed by atoms with van der Waals surface area (Å²) in [6.45, 7) is 0. The van der Waals surface area contributed by atoms with Gasteiger partial charge in [-0.2, -0.15) is 0 Å². The van der Waals surface area contributed by atoms with Crippen LogP contribution in [0.5, 0.6) is 0 Å². The normalized spacial score (nSPS) is 16.9. The number of nitrogens with one attached hydrogen (secondary N) is 2. The van der Waals surface area contributed by atoms with Gasteiger partial charge in [0.1, 0.15) is 0 Å². The third-order valence-corrected chi connectivity index (χ3v) is 4.27. The van der Waals surface area contributed by atoms with E-state index in [1.54, 1.807) is 6.20 Å². The molecule has 0 saturated carbocycles. The monoisotopic (exact) mass is 276 g/mol. The van der Waals surface area contributed by atoms with Crippen LogP contribution in [0.2, 0.25) is 0 Å². The predicted molar refractivity (Wildman–Crippen MR) is 83.3 cm³/mol. The van der Waals surface area contributed by atoms with Crippen LogP contribution in [0.25, 0.3) is 10.9 Å². The van der Waals surface area contributed by atoms with Gasteiger partial charge in [-0.3, -0.25) is 4.79 Å². The first-order valence-electron chi connectivity index (χ1n) is 7.28. The Hall–Kier alpha value is -2.55. The maximum absolute atomic E-state index is 12.6. The number of fused-ring (bicyclic) bond motifs is 2. The first kappa shape index (κ1) is 12.2.